The smallest absolute Gasteiger partial charge is 0.201 e. The molecule has 3 aromatic rings. The van der Waals surface area contributed by atoms with Gasteiger partial charge in [-0.3, -0.25) is 10.7 Å². The van der Waals surface area contributed by atoms with Crippen LogP contribution in [0.25, 0.3) is 11.0 Å². The van der Waals surface area contributed by atoms with E-state index in [0.29, 0.717) is 0 Å². The molecule has 164 valence electrons. The first-order valence-corrected chi connectivity index (χ1v) is 10.0. The molecule has 1 aliphatic rings. The fourth-order valence-corrected chi connectivity index (χ4v) is 3.71. The third kappa shape index (κ3) is 4.46. The Hall–Kier alpha value is -2.82. The standard InChI is InChI=1S/C20H20ClF3N6O/c1-30-6-4-10(5-7-30)26-20-27-17-12(9-15(23)16(24)18(17)28-20)19(29-31)25-11-2-3-14(22)13(21)8-11/h2-3,8-10,31H,4-7H2,1H3,(H,25,29)(H2,26,27,28). The number of hydroxylamine groups is 1. The number of H-pyrrole nitrogens is 1. The Balaban J connectivity index is 1.74. The fraction of sp³-hybridized carbons (Fsp3) is 0.300. The zero-order valence-electron chi connectivity index (χ0n) is 16.5. The summed E-state index contributed by atoms with van der Waals surface area (Å²) in [6.45, 7) is 1.83. The van der Waals surface area contributed by atoms with Crippen LogP contribution in [-0.2, 0) is 0 Å². The maximum atomic E-state index is 14.4. The monoisotopic (exact) mass is 452 g/mol. The van der Waals surface area contributed by atoms with Gasteiger partial charge >= 0.3 is 0 Å². The van der Waals surface area contributed by atoms with E-state index in [1.54, 1.807) is 0 Å². The Kier molecular flexibility index (Phi) is 6.03. The SMILES string of the molecule is CN1CCC(Nc2nc3c(F)c(F)cc(C(=Nc4ccc(F)c(Cl)c4)NO)c3[nH]2)CC1. The van der Waals surface area contributed by atoms with Crippen LogP contribution in [0.5, 0.6) is 0 Å². The first-order chi connectivity index (χ1) is 14.9. The summed E-state index contributed by atoms with van der Waals surface area (Å²) in [4.78, 5) is 13.5. The summed E-state index contributed by atoms with van der Waals surface area (Å²) in [5.41, 5.74) is 2.04. The fourth-order valence-electron chi connectivity index (χ4n) is 3.53. The average Bonchev–Trinajstić information content (AvgIpc) is 3.17. The number of hydrogen-bond donors (Lipinski definition) is 4. The van der Waals surface area contributed by atoms with Gasteiger partial charge in [0.25, 0.3) is 0 Å². The Morgan fingerprint density at radius 3 is 2.65 bits per heavy atom. The minimum Gasteiger partial charge on any atom is -0.353 e. The van der Waals surface area contributed by atoms with Crippen molar-refractivity contribution in [3.63, 3.8) is 0 Å². The van der Waals surface area contributed by atoms with E-state index < -0.39 is 17.5 Å². The molecule has 0 unspecified atom stereocenters. The van der Waals surface area contributed by atoms with Gasteiger partial charge < -0.3 is 15.2 Å². The summed E-state index contributed by atoms with van der Waals surface area (Å²) in [7, 11) is 2.04. The first-order valence-electron chi connectivity index (χ1n) is 9.62. The molecule has 4 rings (SSSR count). The molecule has 1 saturated heterocycles. The van der Waals surface area contributed by atoms with E-state index >= 15 is 0 Å². The number of hydrogen-bond acceptors (Lipinski definition) is 5. The molecule has 0 amide bonds. The van der Waals surface area contributed by atoms with Crippen LogP contribution in [0.2, 0.25) is 5.02 Å². The van der Waals surface area contributed by atoms with Crippen LogP contribution in [-0.4, -0.2) is 52.1 Å². The number of benzene rings is 2. The number of likely N-dealkylation sites (tertiary alicyclic amines) is 1. The lowest BCUT2D eigenvalue weighted by atomic mass is 10.1. The van der Waals surface area contributed by atoms with Gasteiger partial charge in [0.1, 0.15) is 11.3 Å². The van der Waals surface area contributed by atoms with Crippen molar-refractivity contribution in [2.75, 3.05) is 25.5 Å². The second-order valence-corrected chi connectivity index (χ2v) is 7.83. The number of halogens is 4. The molecule has 4 N–H and O–H groups in total. The number of aromatic nitrogens is 2. The molecular formula is C20H20ClF3N6O. The third-order valence-electron chi connectivity index (χ3n) is 5.23. The molecule has 0 saturated carbocycles. The summed E-state index contributed by atoms with van der Waals surface area (Å²) in [6.07, 6.45) is 1.76. The molecule has 1 fully saturated rings. The lowest BCUT2D eigenvalue weighted by Gasteiger charge is -2.29. The van der Waals surface area contributed by atoms with E-state index in [1.165, 1.54) is 12.1 Å². The number of nitrogens with one attached hydrogen (secondary N) is 3. The van der Waals surface area contributed by atoms with Crippen LogP contribution >= 0.6 is 11.6 Å². The number of anilines is 1. The van der Waals surface area contributed by atoms with Crippen LogP contribution < -0.4 is 10.8 Å². The van der Waals surface area contributed by atoms with Crippen molar-refractivity contribution in [3.05, 3.63) is 52.3 Å². The average molecular weight is 453 g/mol. The summed E-state index contributed by atoms with van der Waals surface area (Å²) >= 11 is 5.77. The van der Waals surface area contributed by atoms with Gasteiger partial charge in [-0.15, -0.1) is 0 Å². The molecule has 31 heavy (non-hydrogen) atoms. The van der Waals surface area contributed by atoms with E-state index in [-0.39, 0.29) is 45.1 Å². The molecule has 0 atom stereocenters. The lowest BCUT2D eigenvalue weighted by molar-refractivity contribution is 0.235. The number of aliphatic imine (C=N–C) groups is 1. The molecule has 0 radical (unpaired) electrons. The number of aromatic amines is 1. The lowest BCUT2D eigenvalue weighted by Crippen LogP contribution is -2.36. The number of amidine groups is 1. The van der Waals surface area contributed by atoms with Gasteiger partial charge in [0.15, 0.2) is 17.5 Å². The van der Waals surface area contributed by atoms with Crippen LogP contribution in [0.4, 0.5) is 24.8 Å². The van der Waals surface area contributed by atoms with Crippen LogP contribution in [0.3, 0.4) is 0 Å². The maximum absolute atomic E-state index is 14.4. The van der Waals surface area contributed by atoms with E-state index in [4.69, 9.17) is 11.6 Å². The minimum atomic E-state index is -1.15. The first kappa shape index (κ1) is 21.4. The summed E-state index contributed by atoms with van der Waals surface area (Å²) in [6, 6.07) is 4.71. The largest absolute Gasteiger partial charge is 0.353 e. The molecule has 11 heteroatoms. The maximum Gasteiger partial charge on any atom is 0.201 e. The van der Waals surface area contributed by atoms with Crippen molar-refractivity contribution in [2.24, 2.45) is 4.99 Å². The molecule has 1 aromatic heterocycles. The van der Waals surface area contributed by atoms with E-state index in [1.807, 2.05) is 12.5 Å². The van der Waals surface area contributed by atoms with Crippen molar-refractivity contribution in [1.29, 1.82) is 0 Å². The molecular weight excluding hydrogens is 433 g/mol. The Labute approximate surface area is 180 Å². The molecule has 2 heterocycles. The molecule has 2 aromatic carbocycles. The van der Waals surface area contributed by atoms with Crippen molar-refractivity contribution in [2.45, 2.75) is 18.9 Å². The second-order valence-electron chi connectivity index (χ2n) is 7.42. The van der Waals surface area contributed by atoms with Gasteiger partial charge in [-0.2, -0.15) is 0 Å². The highest BCUT2D eigenvalue weighted by Crippen LogP contribution is 2.27. The predicted octanol–water partition coefficient (Wildman–Crippen LogP) is 4.20. The van der Waals surface area contributed by atoms with Gasteiger partial charge in [0.05, 0.1) is 16.2 Å². The highest BCUT2D eigenvalue weighted by Gasteiger charge is 2.22. The molecule has 0 bridgehead atoms. The zero-order valence-corrected chi connectivity index (χ0v) is 17.3. The van der Waals surface area contributed by atoms with Gasteiger partial charge in [-0.25, -0.2) is 23.1 Å². The summed E-state index contributed by atoms with van der Waals surface area (Å²) in [5, 5.41) is 12.7. The Morgan fingerprint density at radius 2 is 1.97 bits per heavy atom. The van der Waals surface area contributed by atoms with E-state index in [2.05, 4.69) is 25.2 Å². The van der Waals surface area contributed by atoms with E-state index in [9.17, 15) is 18.4 Å². The second kappa shape index (κ2) is 8.74. The predicted molar refractivity (Wildman–Crippen MR) is 113 cm³/mol. The number of fused-ring (bicyclic) bond motifs is 1. The minimum absolute atomic E-state index is 0.0424. The van der Waals surface area contributed by atoms with Gasteiger partial charge in [-0.1, -0.05) is 11.6 Å². The van der Waals surface area contributed by atoms with Crippen LogP contribution in [0, 0.1) is 17.5 Å². The third-order valence-corrected chi connectivity index (χ3v) is 5.52. The number of imidazole rings is 1. The van der Waals surface area contributed by atoms with Crippen molar-refractivity contribution in [1.82, 2.24) is 20.3 Å². The van der Waals surface area contributed by atoms with Gasteiger partial charge in [0.2, 0.25) is 5.95 Å². The van der Waals surface area contributed by atoms with Crippen LogP contribution in [0.1, 0.15) is 18.4 Å². The highest BCUT2D eigenvalue weighted by atomic mass is 35.5. The van der Waals surface area contributed by atoms with Crippen LogP contribution in [0.15, 0.2) is 29.3 Å². The molecule has 0 spiro atoms. The normalized spacial score (nSPS) is 16.1. The Bertz CT molecular complexity index is 1140. The Morgan fingerprint density at radius 1 is 1.23 bits per heavy atom. The molecule has 7 nitrogen and oxygen atoms in total. The number of nitrogens with zero attached hydrogens (tertiary/aromatic N) is 3. The number of rotatable bonds is 4. The summed E-state index contributed by atoms with van der Waals surface area (Å²) in [5.74, 6) is -2.81. The molecule has 0 aliphatic carbocycles. The van der Waals surface area contributed by atoms with Gasteiger partial charge in [0, 0.05) is 11.6 Å². The highest BCUT2D eigenvalue weighted by molar-refractivity contribution is 6.31. The van der Waals surface area contributed by atoms with Gasteiger partial charge in [-0.05, 0) is 57.2 Å². The topological polar surface area (TPSA) is 88.6 Å². The zero-order chi connectivity index (χ0) is 22.1. The van der Waals surface area contributed by atoms with Crippen molar-refractivity contribution >= 4 is 40.1 Å². The van der Waals surface area contributed by atoms with Crippen molar-refractivity contribution in [3.8, 4) is 0 Å². The summed E-state index contributed by atoms with van der Waals surface area (Å²) < 4.78 is 42.1. The van der Waals surface area contributed by atoms with E-state index in [0.717, 1.165) is 38.1 Å². The molecule has 1 aliphatic heterocycles. The van der Waals surface area contributed by atoms with Crippen molar-refractivity contribution < 1.29 is 18.4 Å². The quantitative estimate of drug-likeness (QED) is 0.271. The number of piperidine rings is 1.